The summed E-state index contributed by atoms with van der Waals surface area (Å²) in [6, 6.07) is 1.25. The number of pyridine rings is 1. The summed E-state index contributed by atoms with van der Waals surface area (Å²) in [5, 5.41) is 11.1. The first kappa shape index (κ1) is 14.0. The number of hydrogen-bond acceptors (Lipinski definition) is 4. The van der Waals surface area contributed by atoms with E-state index in [0.717, 1.165) is 0 Å². The molecule has 0 aliphatic carbocycles. The van der Waals surface area contributed by atoms with Crippen molar-refractivity contribution in [3.63, 3.8) is 0 Å². The molecule has 100 valence electrons. The van der Waals surface area contributed by atoms with E-state index in [1.807, 2.05) is 0 Å². The Morgan fingerprint density at radius 1 is 1.68 bits per heavy atom. The molecule has 0 N–H and O–H groups in total. The highest BCUT2D eigenvalue weighted by Gasteiger charge is 2.34. The van der Waals surface area contributed by atoms with Crippen molar-refractivity contribution in [2.45, 2.75) is 6.42 Å². The zero-order chi connectivity index (χ0) is 14.2. The van der Waals surface area contributed by atoms with Crippen LogP contribution in [0.25, 0.3) is 0 Å². The second kappa shape index (κ2) is 5.26. The van der Waals surface area contributed by atoms with Crippen molar-refractivity contribution in [3.05, 3.63) is 38.5 Å². The molecule has 0 radical (unpaired) electrons. The first-order valence-electron chi connectivity index (χ1n) is 5.37. The molecule has 0 aromatic carbocycles. The van der Waals surface area contributed by atoms with Gasteiger partial charge in [-0.3, -0.25) is 19.8 Å². The average Bonchev–Trinajstić information content (AvgIpc) is 2.73. The SMILES string of the molecule is C=CC1CC(=O)N(c2nc(Cl)c(Br)cc2[N+](=O)[O-])C1. The lowest BCUT2D eigenvalue weighted by Gasteiger charge is -2.15. The van der Waals surface area contributed by atoms with E-state index in [2.05, 4.69) is 27.5 Å². The predicted molar refractivity (Wildman–Crippen MR) is 74.3 cm³/mol. The van der Waals surface area contributed by atoms with Crippen molar-refractivity contribution >= 4 is 44.9 Å². The lowest BCUT2D eigenvalue weighted by atomic mass is 10.1. The normalized spacial score (nSPS) is 18.7. The van der Waals surface area contributed by atoms with Gasteiger partial charge in [-0.25, -0.2) is 4.98 Å². The standard InChI is InChI=1S/C11H9BrClN3O3/c1-2-6-3-9(17)15(5-6)11-8(16(18)19)4-7(12)10(13)14-11/h2,4,6H,1,3,5H2. The lowest BCUT2D eigenvalue weighted by molar-refractivity contribution is -0.384. The van der Waals surface area contributed by atoms with E-state index >= 15 is 0 Å². The fourth-order valence-electron chi connectivity index (χ4n) is 1.88. The molecule has 1 unspecified atom stereocenters. The number of nitro groups is 1. The maximum Gasteiger partial charge on any atom is 0.313 e. The molecule has 19 heavy (non-hydrogen) atoms. The number of halogens is 2. The van der Waals surface area contributed by atoms with Crippen LogP contribution in [0.1, 0.15) is 6.42 Å². The van der Waals surface area contributed by atoms with Crippen LogP contribution in [0, 0.1) is 16.0 Å². The van der Waals surface area contributed by atoms with E-state index < -0.39 is 4.92 Å². The van der Waals surface area contributed by atoms with Crippen LogP contribution in [0.5, 0.6) is 0 Å². The fraction of sp³-hybridized carbons (Fsp3) is 0.273. The molecule has 6 nitrogen and oxygen atoms in total. The van der Waals surface area contributed by atoms with Gasteiger partial charge in [-0.2, -0.15) is 0 Å². The Labute approximate surface area is 122 Å². The van der Waals surface area contributed by atoms with Crippen molar-refractivity contribution in [2.75, 3.05) is 11.4 Å². The van der Waals surface area contributed by atoms with Gasteiger partial charge in [-0.15, -0.1) is 6.58 Å². The van der Waals surface area contributed by atoms with Gasteiger partial charge in [0.05, 0.1) is 9.40 Å². The van der Waals surface area contributed by atoms with Gasteiger partial charge in [0, 0.05) is 24.9 Å². The monoisotopic (exact) mass is 345 g/mol. The minimum Gasteiger partial charge on any atom is -0.290 e. The van der Waals surface area contributed by atoms with Crippen LogP contribution >= 0.6 is 27.5 Å². The molecular formula is C11H9BrClN3O3. The number of aromatic nitrogens is 1. The van der Waals surface area contributed by atoms with Crippen LogP contribution in [0.2, 0.25) is 5.15 Å². The summed E-state index contributed by atoms with van der Waals surface area (Å²) in [5.41, 5.74) is -0.255. The molecule has 1 aromatic rings. The summed E-state index contributed by atoms with van der Waals surface area (Å²) >= 11 is 8.93. The Balaban J connectivity index is 2.50. The Hall–Kier alpha value is -1.47. The molecule has 2 rings (SSSR count). The third-order valence-corrected chi connectivity index (χ3v) is 3.96. The van der Waals surface area contributed by atoms with Crippen LogP contribution in [-0.2, 0) is 4.79 Å². The quantitative estimate of drug-likeness (QED) is 0.365. The van der Waals surface area contributed by atoms with Crippen LogP contribution in [0.3, 0.4) is 0 Å². The highest BCUT2D eigenvalue weighted by atomic mass is 79.9. The first-order chi connectivity index (χ1) is 8.93. The van der Waals surface area contributed by atoms with Crippen molar-refractivity contribution in [2.24, 2.45) is 5.92 Å². The molecule has 0 saturated carbocycles. The van der Waals surface area contributed by atoms with Gasteiger partial charge in [0.15, 0.2) is 0 Å². The van der Waals surface area contributed by atoms with Gasteiger partial charge in [0.2, 0.25) is 11.7 Å². The maximum absolute atomic E-state index is 11.9. The van der Waals surface area contributed by atoms with Gasteiger partial charge in [0.1, 0.15) is 5.15 Å². The maximum atomic E-state index is 11.9. The van der Waals surface area contributed by atoms with Crippen molar-refractivity contribution in [1.82, 2.24) is 4.98 Å². The minimum absolute atomic E-state index is 0.0208. The second-order valence-electron chi connectivity index (χ2n) is 4.07. The van der Waals surface area contributed by atoms with Crippen molar-refractivity contribution in [3.8, 4) is 0 Å². The van der Waals surface area contributed by atoms with E-state index in [1.54, 1.807) is 6.08 Å². The number of carbonyl (C=O) groups excluding carboxylic acids is 1. The molecule has 0 bridgehead atoms. The van der Waals surface area contributed by atoms with Crippen LogP contribution < -0.4 is 4.90 Å². The van der Waals surface area contributed by atoms with E-state index in [4.69, 9.17) is 11.6 Å². The highest BCUT2D eigenvalue weighted by molar-refractivity contribution is 9.10. The molecular weight excluding hydrogens is 337 g/mol. The third-order valence-electron chi connectivity index (χ3n) is 2.83. The Morgan fingerprint density at radius 2 is 2.37 bits per heavy atom. The van der Waals surface area contributed by atoms with Gasteiger partial charge in [-0.05, 0) is 15.9 Å². The first-order valence-corrected chi connectivity index (χ1v) is 6.54. The largest absolute Gasteiger partial charge is 0.313 e. The number of anilines is 1. The fourth-order valence-corrected chi connectivity index (χ4v) is 2.32. The number of nitrogens with zero attached hydrogens (tertiary/aromatic N) is 3. The molecule has 1 aliphatic rings. The molecule has 1 amide bonds. The Morgan fingerprint density at radius 3 is 2.89 bits per heavy atom. The third kappa shape index (κ3) is 2.62. The number of rotatable bonds is 3. The number of hydrogen-bond donors (Lipinski definition) is 0. The van der Waals surface area contributed by atoms with Gasteiger partial charge >= 0.3 is 5.69 Å². The summed E-state index contributed by atoms with van der Waals surface area (Å²) < 4.78 is 0.316. The number of carbonyl (C=O) groups is 1. The van der Waals surface area contributed by atoms with E-state index in [-0.39, 0.29) is 34.9 Å². The smallest absolute Gasteiger partial charge is 0.290 e. The zero-order valence-electron chi connectivity index (χ0n) is 9.68. The van der Waals surface area contributed by atoms with E-state index in [9.17, 15) is 14.9 Å². The molecule has 1 atom stereocenters. The van der Waals surface area contributed by atoms with Crippen LogP contribution in [0.15, 0.2) is 23.2 Å². The topological polar surface area (TPSA) is 76.3 Å². The summed E-state index contributed by atoms with van der Waals surface area (Å²) in [6.07, 6.45) is 1.93. The van der Waals surface area contributed by atoms with E-state index in [0.29, 0.717) is 11.0 Å². The summed E-state index contributed by atoms with van der Waals surface area (Å²) in [7, 11) is 0. The minimum atomic E-state index is -0.585. The molecule has 0 spiro atoms. The Bertz CT molecular complexity index is 579. The molecule has 1 fully saturated rings. The van der Waals surface area contributed by atoms with Gasteiger partial charge in [0.25, 0.3) is 0 Å². The molecule has 8 heteroatoms. The van der Waals surface area contributed by atoms with Crippen LogP contribution in [0.4, 0.5) is 11.5 Å². The molecule has 2 heterocycles. The zero-order valence-corrected chi connectivity index (χ0v) is 12.0. The molecule has 1 saturated heterocycles. The van der Waals surface area contributed by atoms with Crippen molar-refractivity contribution in [1.29, 1.82) is 0 Å². The van der Waals surface area contributed by atoms with E-state index in [1.165, 1.54) is 11.0 Å². The Kier molecular flexibility index (Phi) is 3.86. The van der Waals surface area contributed by atoms with Crippen LogP contribution in [-0.4, -0.2) is 22.4 Å². The van der Waals surface area contributed by atoms with Gasteiger partial charge < -0.3 is 0 Å². The highest BCUT2D eigenvalue weighted by Crippen LogP contribution is 2.36. The summed E-state index contributed by atoms with van der Waals surface area (Å²) in [4.78, 5) is 27.6. The summed E-state index contributed by atoms with van der Waals surface area (Å²) in [5.74, 6) is -0.275. The summed E-state index contributed by atoms with van der Waals surface area (Å²) in [6.45, 7) is 3.96. The van der Waals surface area contributed by atoms with Crippen molar-refractivity contribution < 1.29 is 9.72 Å². The van der Waals surface area contributed by atoms with Gasteiger partial charge in [-0.1, -0.05) is 17.7 Å². The predicted octanol–water partition coefficient (Wildman–Crippen LogP) is 2.94. The average molecular weight is 347 g/mol. The second-order valence-corrected chi connectivity index (χ2v) is 5.28. The molecule has 1 aromatic heterocycles. The lowest BCUT2D eigenvalue weighted by Crippen LogP contribution is -2.26. The molecule has 1 aliphatic heterocycles. The number of amides is 1.